The average molecular weight is 465 g/mol. The van der Waals surface area contributed by atoms with E-state index in [0.29, 0.717) is 33.3 Å². The Labute approximate surface area is 198 Å². The number of carbonyl (C=O) groups excluding carboxylic acids is 2. The van der Waals surface area contributed by atoms with Gasteiger partial charge in [-0.2, -0.15) is 0 Å². The van der Waals surface area contributed by atoms with Gasteiger partial charge in [0.25, 0.3) is 11.8 Å². The van der Waals surface area contributed by atoms with Crippen molar-refractivity contribution in [1.82, 2.24) is 5.32 Å². The Bertz CT molecular complexity index is 1180. The fourth-order valence-electron chi connectivity index (χ4n) is 3.31. The van der Waals surface area contributed by atoms with E-state index in [-0.39, 0.29) is 5.70 Å². The summed E-state index contributed by atoms with van der Waals surface area (Å²) in [6.07, 6.45) is 1.58. The maximum absolute atomic E-state index is 13.2. The summed E-state index contributed by atoms with van der Waals surface area (Å²) in [4.78, 5) is 26.0. The highest BCUT2D eigenvalue weighted by atomic mass is 35.5. The number of amides is 2. The third kappa shape index (κ3) is 6.37. The molecule has 2 N–H and O–H groups in total. The molecular weight excluding hydrogens is 440 g/mol. The molecular formula is C26H25ClN2O4. The molecule has 0 aliphatic rings. The summed E-state index contributed by atoms with van der Waals surface area (Å²) >= 11 is 5.92. The number of halogens is 1. The van der Waals surface area contributed by atoms with Crippen molar-refractivity contribution in [2.24, 2.45) is 0 Å². The van der Waals surface area contributed by atoms with Crippen molar-refractivity contribution < 1.29 is 19.1 Å². The molecule has 0 heterocycles. The Morgan fingerprint density at radius 1 is 0.848 bits per heavy atom. The van der Waals surface area contributed by atoms with Crippen LogP contribution in [0.2, 0.25) is 5.02 Å². The summed E-state index contributed by atoms with van der Waals surface area (Å²) in [6.45, 7) is 3.90. The third-order valence-electron chi connectivity index (χ3n) is 4.80. The molecule has 0 saturated heterocycles. The fraction of sp³-hybridized carbons (Fsp3) is 0.154. The summed E-state index contributed by atoms with van der Waals surface area (Å²) in [7, 11) is 3.07. The number of hydrogen-bond donors (Lipinski definition) is 2. The van der Waals surface area contributed by atoms with Crippen LogP contribution >= 0.6 is 11.6 Å². The van der Waals surface area contributed by atoms with Crippen molar-refractivity contribution in [3.63, 3.8) is 0 Å². The van der Waals surface area contributed by atoms with E-state index in [0.717, 1.165) is 11.1 Å². The van der Waals surface area contributed by atoms with Crippen LogP contribution in [0.3, 0.4) is 0 Å². The van der Waals surface area contributed by atoms with E-state index < -0.39 is 11.8 Å². The van der Waals surface area contributed by atoms with E-state index in [1.807, 2.05) is 32.0 Å². The molecule has 0 unspecified atom stereocenters. The standard InChI is InChI=1S/C26H25ClN2O4/c1-16-11-17(2)13-21(12-16)28-26(31)22(29-25(30)19-6-8-20(27)9-7-19)14-18-5-10-23(32-3)24(15-18)33-4/h5-15H,1-4H3,(H,28,31)(H,29,30)/b22-14+. The second-order valence-corrected chi connectivity index (χ2v) is 7.90. The number of hydrogen-bond acceptors (Lipinski definition) is 4. The predicted molar refractivity (Wildman–Crippen MR) is 131 cm³/mol. The number of ether oxygens (including phenoxy) is 2. The first kappa shape index (κ1) is 23.9. The summed E-state index contributed by atoms with van der Waals surface area (Å²) in [5, 5.41) is 6.09. The Morgan fingerprint density at radius 3 is 2.09 bits per heavy atom. The molecule has 0 aromatic heterocycles. The maximum atomic E-state index is 13.2. The summed E-state index contributed by atoms with van der Waals surface area (Å²) < 4.78 is 10.6. The largest absolute Gasteiger partial charge is 0.493 e. The molecule has 0 aliphatic carbocycles. The van der Waals surface area contributed by atoms with Gasteiger partial charge >= 0.3 is 0 Å². The minimum absolute atomic E-state index is 0.0707. The van der Waals surface area contributed by atoms with Gasteiger partial charge in [0.15, 0.2) is 11.5 Å². The molecule has 2 amide bonds. The van der Waals surface area contributed by atoms with Crippen LogP contribution < -0.4 is 20.1 Å². The molecule has 3 aromatic rings. The van der Waals surface area contributed by atoms with Crippen molar-refractivity contribution in [2.75, 3.05) is 19.5 Å². The van der Waals surface area contributed by atoms with Crippen LogP contribution in [0.25, 0.3) is 6.08 Å². The summed E-state index contributed by atoms with van der Waals surface area (Å²) in [6, 6.07) is 17.4. The molecule has 3 rings (SSSR count). The van der Waals surface area contributed by atoms with Crippen LogP contribution in [0.1, 0.15) is 27.0 Å². The van der Waals surface area contributed by atoms with Gasteiger partial charge in [-0.15, -0.1) is 0 Å². The smallest absolute Gasteiger partial charge is 0.272 e. The van der Waals surface area contributed by atoms with Crippen molar-refractivity contribution in [1.29, 1.82) is 0 Å². The van der Waals surface area contributed by atoms with Gasteiger partial charge in [-0.3, -0.25) is 9.59 Å². The molecule has 0 fully saturated rings. The van der Waals surface area contributed by atoms with E-state index in [1.165, 1.54) is 7.11 Å². The Hall–Kier alpha value is -3.77. The van der Waals surface area contributed by atoms with Gasteiger partial charge in [-0.1, -0.05) is 23.7 Å². The van der Waals surface area contributed by atoms with Gasteiger partial charge in [-0.05, 0) is 85.1 Å². The second kappa shape index (κ2) is 10.7. The first-order valence-electron chi connectivity index (χ1n) is 10.2. The highest BCUT2D eigenvalue weighted by Gasteiger charge is 2.16. The van der Waals surface area contributed by atoms with Crippen molar-refractivity contribution in [3.8, 4) is 11.5 Å². The highest BCUT2D eigenvalue weighted by Crippen LogP contribution is 2.28. The van der Waals surface area contributed by atoms with E-state index in [1.54, 1.807) is 55.7 Å². The van der Waals surface area contributed by atoms with E-state index >= 15 is 0 Å². The maximum Gasteiger partial charge on any atom is 0.272 e. The molecule has 33 heavy (non-hydrogen) atoms. The zero-order chi connectivity index (χ0) is 24.0. The van der Waals surface area contributed by atoms with Crippen molar-refractivity contribution >= 4 is 35.2 Å². The lowest BCUT2D eigenvalue weighted by Gasteiger charge is -2.13. The van der Waals surface area contributed by atoms with Gasteiger partial charge in [0, 0.05) is 16.3 Å². The molecule has 6 nitrogen and oxygen atoms in total. The Morgan fingerprint density at radius 2 is 1.48 bits per heavy atom. The summed E-state index contributed by atoms with van der Waals surface area (Å²) in [5.74, 6) is 0.163. The number of rotatable bonds is 7. The van der Waals surface area contributed by atoms with E-state index in [9.17, 15) is 9.59 Å². The number of anilines is 1. The first-order chi connectivity index (χ1) is 15.8. The zero-order valence-corrected chi connectivity index (χ0v) is 19.6. The van der Waals surface area contributed by atoms with Gasteiger partial charge in [-0.25, -0.2) is 0 Å². The molecule has 0 atom stereocenters. The predicted octanol–water partition coefficient (Wildman–Crippen LogP) is 5.38. The number of benzene rings is 3. The lowest BCUT2D eigenvalue weighted by molar-refractivity contribution is -0.113. The van der Waals surface area contributed by atoms with Crippen molar-refractivity contribution in [3.05, 3.63) is 93.6 Å². The number of aryl methyl sites for hydroxylation is 2. The summed E-state index contributed by atoms with van der Waals surface area (Å²) in [5.41, 5.74) is 3.76. The lowest BCUT2D eigenvalue weighted by atomic mass is 10.1. The van der Waals surface area contributed by atoms with Gasteiger partial charge in [0.05, 0.1) is 14.2 Å². The molecule has 0 saturated carbocycles. The van der Waals surface area contributed by atoms with E-state index in [2.05, 4.69) is 10.6 Å². The normalized spacial score (nSPS) is 11.0. The van der Waals surface area contributed by atoms with Crippen LogP contribution in [-0.2, 0) is 4.79 Å². The van der Waals surface area contributed by atoms with Crippen LogP contribution in [0.4, 0.5) is 5.69 Å². The number of methoxy groups -OCH3 is 2. The second-order valence-electron chi connectivity index (χ2n) is 7.46. The fourth-order valence-corrected chi connectivity index (χ4v) is 3.43. The molecule has 0 radical (unpaired) electrons. The molecule has 0 bridgehead atoms. The molecule has 7 heteroatoms. The zero-order valence-electron chi connectivity index (χ0n) is 18.9. The minimum Gasteiger partial charge on any atom is -0.493 e. The monoisotopic (exact) mass is 464 g/mol. The average Bonchev–Trinajstić information content (AvgIpc) is 2.78. The lowest BCUT2D eigenvalue weighted by Crippen LogP contribution is -2.30. The SMILES string of the molecule is COc1ccc(/C=C(/NC(=O)c2ccc(Cl)cc2)C(=O)Nc2cc(C)cc(C)c2)cc1OC. The molecule has 0 spiro atoms. The van der Waals surface area contributed by atoms with Crippen LogP contribution in [0.15, 0.2) is 66.4 Å². The third-order valence-corrected chi connectivity index (χ3v) is 5.05. The Balaban J connectivity index is 1.95. The minimum atomic E-state index is -0.461. The van der Waals surface area contributed by atoms with Gasteiger partial charge < -0.3 is 20.1 Å². The molecule has 170 valence electrons. The van der Waals surface area contributed by atoms with Crippen LogP contribution in [-0.4, -0.2) is 26.0 Å². The van der Waals surface area contributed by atoms with Crippen LogP contribution in [0.5, 0.6) is 11.5 Å². The quantitative estimate of drug-likeness (QED) is 0.460. The molecule has 3 aromatic carbocycles. The highest BCUT2D eigenvalue weighted by molar-refractivity contribution is 6.30. The van der Waals surface area contributed by atoms with E-state index in [4.69, 9.17) is 21.1 Å². The van der Waals surface area contributed by atoms with Gasteiger partial charge in [0.2, 0.25) is 0 Å². The topological polar surface area (TPSA) is 76.7 Å². The van der Waals surface area contributed by atoms with Crippen molar-refractivity contribution in [2.45, 2.75) is 13.8 Å². The number of nitrogens with one attached hydrogen (secondary N) is 2. The number of carbonyl (C=O) groups is 2. The van der Waals surface area contributed by atoms with Crippen LogP contribution in [0, 0.1) is 13.8 Å². The Kier molecular flexibility index (Phi) is 7.74. The van der Waals surface area contributed by atoms with Gasteiger partial charge in [0.1, 0.15) is 5.70 Å². The molecule has 0 aliphatic heterocycles. The first-order valence-corrected chi connectivity index (χ1v) is 10.6.